The summed E-state index contributed by atoms with van der Waals surface area (Å²) in [7, 11) is -3.81. The van der Waals surface area contributed by atoms with E-state index in [0.29, 0.717) is 11.5 Å². The second-order valence-corrected chi connectivity index (χ2v) is 9.80. The summed E-state index contributed by atoms with van der Waals surface area (Å²) < 4.78 is 48.7. The Bertz CT molecular complexity index is 1290. The first kappa shape index (κ1) is 23.0. The average Bonchev–Trinajstić information content (AvgIpc) is 3.20. The molecule has 12 heteroatoms. The molecule has 33 heavy (non-hydrogen) atoms. The molecule has 2 unspecified atom stereocenters. The highest BCUT2D eigenvalue weighted by Crippen LogP contribution is 2.23. The van der Waals surface area contributed by atoms with E-state index in [1.54, 1.807) is 6.92 Å². The van der Waals surface area contributed by atoms with Crippen LogP contribution >= 0.6 is 0 Å². The number of halogens is 1. The van der Waals surface area contributed by atoms with Crippen molar-refractivity contribution < 1.29 is 22.3 Å². The average molecular weight is 475 g/mol. The van der Waals surface area contributed by atoms with E-state index >= 15 is 0 Å². The summed E-state index contributed by atoms with van der Waals surface area (Å²) in [6.45, 7) is 5.72. The first-order valence-corrected chi connectivity index (χ1v) is 11.7. The van der Waals surface area contributed by atoms with E-state index in [4.69, 9.17) is 4.74 Å². The molecule has 1 N–H and O–H groups in total. The third-order valence-corrected chi connectivity index (χ3v) is 7.01. The Labute approximate surface area is 190 Å². The zero-order chi connectivity index (χ0) is 23.8. The number of morpholine rings is 1. The van der Waals surface area contributed by atoms with Crippen LogP contribution in [-0.2, 0) is 14.8 Å². The monoisotopic (exact) mass is 474 g/mol. The van der Waals surface area contributed by atoms with E-state index in [0.717, 1.165) is 0 Å². The second kappa shape index (κ2) is 8.96. The Morgan fingerprint density at radius 1 is 1.15 bits per heavy atom. The number of sulfonamides is 1. The van der Waals surface area contributed by atoms with Gasteiger partial charge in [-0.15, -0.1) is 5.10 Å². The van der Waals surface area contributed by atoms with Gasteiger partial charge in [-0.3, -0.25) is 4.79 Å². The lowest BCUT2D eigenvalue weighted by Gasteiger charge is -2.34. The molecule has 0 spiro atoms. The lowest BCUT2D eigenvalue weighted by atomic mass is 10.2. The normalized spacial score (nSPS) is 19.4. The first-order valence-electron chi connectivity index (χ1n) is 10.3. The predicted molar refractivity (Wildman–Crippen MR) is 117 cm³/mol. The molecule has 1 amide bonds. The van der Waals surface area contributed by atoms with Crippen molar-refractivity contribution in [3.63, 3.8) is 0 Å². The highest BCUT2D eigenvalue weighted by Gasteiger charge is 2.32. The maximum atomic E-state index is 14.3. The van der Waals surface area contributed by atoms with Gasteiger partial charge in [-0.05, 0) is 67.6 Å². The third-order valence-electron chi connectivity index (χ3n) is 5.18. The number of nitrogens with zero attached hydrogens (tertiary/aromatic N) is 5. The minimum absolute atomic E-state index is 0.0144. The van der Waals surface area contributed by atoms with Crippen LogP contribution in [0.2, 0.25) is 0 Å². The summed E-state index contributed by atoms with van der Waals surface area (Å²) in [4.78, 5) is 12.9. The molecule has 4 rings (SSSR count). The summed E-state index contributed by atoms with van der Waals surface area (Å²) in [6, 6.07) is 9.78. The zero-order valence-corrected chi connectivity index (χ0v) is 19.1. The minimum Gasteiger partial charge on any atom is -0.373 e. The van der Waals surface area contributed by atoms with E-state index in [2.05, 4.69) is 20.8 Å². The largest absolute Gasteiger partial charge is 0.373 e. The Balaban J connectivity index is 1.57. The first-order chi connectivity index (χ1) is 15.6. The van der Waals surface area contributed by atoms with Crippen molar-refractivity contribution in [2.24, 2.45) is 0 Å². The summed E-state index contributed by atoms with van der Waals surface area (Å²) in [6.07, 6.45) is -0.460. The van der Waals surface area contributed by atoms with Crippen LogP contribution in [-0.4, -0.2) is 64.1 Å². The van der Waals surface area contributed by atoms with Crippen molar-refractivity contribution >= 4 is 21.6 Å². The minimum atomic E-state index is -3.81. The molecule has 3 aromatic rings. The van der Waals surface area contributed by atoms with Gasteiger partial charge in [0.15, 0.2) is 5.82 Å². The number of aryl methyl sites for hydroxylation is 1. The van der Waals surface area contributed by atoms with Gasteiger partial charge in [0.1, 0.15) is 11.5 Å². The second-order valence-electron chi connectivity index (χ2n) is 7.87. The van der Waals surface area contributed by atoms with Gasteiger partial charge in [-0.2, -0.15) is 8.99 Å². The molecule has 1 fully saturated rings. The highest BCUT2D eigenvalue weighted by molar-refractivity contribution is 7.89. The number of anilines is 1. The number of nitrogens with one attached hydrogen (secondary N) is 1. The molecule has 0 aliphatic carbocycles. The van der Waals surface area contributed by atoms with E-state index in [-0.39, 0.29) is 41.4 Å². The standard InChI is InChI=1S/C21H23FN6O4S/c1-13-11-27(12-14(2)32-13)33(30,31)18-6-4-5-16(9-18)21(29)23-17-7-8-19(22)20(10-17)28-15(3)24-25-26-28/h4-10,13-14H,11-12H2,1-3H3,(H,23,29). The lowest BCUT2D eigenvalue weighted by molar-refractivity contribution is -0.0440. The molecule has 0 saturated carbocycles. The zero-order valence-electron chi connectivity index (χ0n) is 18.3. The SMILES string of the molecule is Cc1nnnn1-c1cc(NC(=O)c2cccc(S(=O)(=O)N3CC(C)OC(C)C3)c2)ccc1F. The van der Waals surface area contributed by atoms with Gasteiger partial charge < -0.3 is 10.1 Å². The highest BCUT2D eigenvalue weighted by atomic mass is 32.2. The maximum Gasteiger partial charge on any atom is 0.255 e. The Kier molecular flexibility index (Phi) is 6.23. The fourth-order valence-electron chi connectivity index (χ4n) is 3.68. The van der Waals surface area contributed by atoms with Gasteiger partial charge in [0.25, 0.3) is 5.91 Å². The number of carbonyl (C=O) groups excluding carboxylic acids is 1. The molecule has 1 aromatic heterocycles. The molecular formula is C21H23FN6O4S. The molecule has 1 saturated heterocycles. The smallest absolute Gasteiger partial charge is 0.255 e. The molecule has 1 aliphatic rings. The van der Waals surface area contributed by atoms with Crippen molar-refractivity contribution in [2.45, 2.75) is 37.9 Å². The van der Waals surface area contributed by atoms with Crippen LogP contribution in [0.25, 0.3) is 5.69 Å². The summed E-state index contributed by atoms with van der Waals surface area (Å²) in [5.41, 5.74) is 0.521. The number of amides is 1. The number of ether oxygens (including phenoxy) is 1. The van der Waals surface area contributed by atoms with E-state index < -0.39 is 21.7 Å². The molecule has 10 nitrogen and oxygen atoms in total. The van der Waals surface area contributed by atoms with Crippen LogP contribution in [0.4, 0.5) is 10.1 Å². The number of hydrogen-bond donors (Lipinski definition) is 1. The quantitative estimate of drug-likeness (QED) is 0.602. The summed E-state index contributed by atoms with van der Waals surface area (Å²) in [5.74, 6) is -0.728. The molecular weight excluding hydrogens is 451 g/mol. The number of carbonyl (C=O) groups is 1. The van der Waals surface area contributed by atoms with Gasteiger partial charge in [0.2, 0.25) is 10.0 Å². The number of aromatic nitrogens is 4. The Morgan fingerprint density at radius 2 is 1.88 bits per heavy atom. The van der Waals surface area contributed by atoms with Gasteiger partial charge >= 0.3 is 0 Å². The van der Waals surface area contributed by atoms with Crippen molar-refractivity contribution in [1.29, 1.82) is 0 Å². The van der Waals surface area contributed by atoms with E-state index in [1.165, 1.54) is 51.5 Å². The molecule has 0 radical (unpaired) electrons. The van der Waals surface area contributed by atoms with Gasteiger partial charge in [0.05, 0.1) is 17.1 Å². The lowest BCUT2D eigenvalue weighted by Crippen LogP contribution is -2.48. The number of benzene rings is 2. The Hall–Kier alpha value is -3.22. The van der Waals surface area contributed by atoms with Crippen LogP contribution in [0.1, 0.15) is 30.0 Å². The molecule has 0 bridgehead atoms. The van der Waals surface area contributed by atoms with Gasteiger partial charge in [-0.25, -0.2) is 12.8 Å². The van der Waals surface area contributed by atoms with Crippen molar-refractivity contribution in [3.05, 3.63) is 59.7 Å². The number of tetrazole rings is 1. The molecule has 2 aromatic carbocycles. The van der Waals surface area contributed by atoms with Crippen LogP contribution in [0.3, 0.4) is 0 Å². The van der Waals surface area contributed by atoms with Crippen molar-refractivity contribution in [2.75, 3.05) is 18.4 Å². The fraction of sp³-hybridized carbons (Fsp3) is 0.333. The fourth-order valence-corrected chi connectivity index (χ4v) is 5.32. The topological polar surface area (TPSA) is 119 Å². The van der Waals surface area contributed by atoms with Crippen LogP contribution in [0.15, 0.2) is 47.4 Å². The maximum absolute atomic E-state index is 14.3. The molecule has 174 valence electrons. The van der Waals surface area contributed by atoms with Crippen molar-refractivity contribution in [3.8, 4) is 5.69 Å². The Morgan fingerprint density at radius 3 is 2.55 bits per heavy atom. The molecule has 2 heterocycles. The summed E-state index contributed by atoms with van der Waals surface area (Å²) >= 11 is 0. The molecule has 1 aliphatic heterocycles. The van der Waals surface area contributed by atoms with Gasteiger partial charge in [0, 0.05) is 24.3 Å². The number of rotatable bonds is 5. The van der Waals surface area contributed by atoms with Gasteiger partial charge in [-0.1, -0.05) is 6.07 Å². The van der Waals surface area contributed by atoms with Crippen molar-refractivity contribution in [1.82, 2.24) is 24.5 Å². The number of hydrogen-bond acceptors (Lipinski definition) is 7. The van der Waals surface area contributed by atoms with E-state index in [1.807, 2.05) is 13.8 Å². The van der Waals surface area contributed by atoms with E-state index in [9.17, 15) is 17.6 Å². The predicted octanol–water partition coefficient (Wildman–Crippen LogP) is 2.16. The van der Waals surface area contributed by atoms with Crippen LogP contribution in [0.5, 0.6) is 0 Å². The van der Waals surface area contributed by atoms with Crippen LogP contribution in [0, 0.1) is 12.7 Å². The van der Waals surface area contributed by atoms with Crippen LogP contribution < -0.4 is 5.32 Å². The third kappa shape index (κ3) is 4.77. The molecule has 2 atom stereocenters. The summed E-state index contributed by atoms with van der Waals surface area (Å²) in [5, 5.41) is 13.6.